The van der Waals surface area contributed by atoms with Crippen LogP contribution in [0.25, 0.3) is 0 Å². The molecule has 0 aliphatic carbocycles. The first-order chi connectivity index (χ1) is 10.7. The molecule has 0 N–H and O–H groups in total. The Morgan fingerprint density at radius 1 is 1.27 bits per heavy atom. The number of para-hydroxylation sites is 1. The second kappa shape index (κ2) is 6.53. The van der Waals surface area contributed by atoms with Crippen molar-refractivity contribution >= 4 is 27.5 Å². The van der Waals surface area contributed by atoms with Crippen LogP contribution in [0.15, 0.2) is 46.9 Å². The molecule has 1 aliphatic rings. The van der Waals surface area contributed by atoms with E-state index in [0.29, 0.717) is 12.2 Å². The van der Waals surface area contributed by atoms with Gasteiger partial charge in [-0.15, -0.1) is 0 Å². The zero-order chi connectivity index (χ0) is 15.5. The smallest absolute Gasteiger partial charge is 0.258 e. The Kier molecular flexibility index (Phi) is 4.48. The van der Waals surface area contributed by atoms with Gasteiger partial charge >= 0.3 is 0 Å². The van der Waals surface area contributed by atoms with E-state index in [1.807, 2.05) is 41.3 Å². The molecular formula is C18H18BrNO2. The van der Waals surface area contributed by atoms with Crippen LogP contribution in [0.3, 0.4) is 0 Å². The fourth-order valence-electron chi connectivity index (χ4n) is 2.67. The highest BCUT2D eigenvalue weighted by Gasteiger charge is 2.25. The first kappa shape index (κ1) is 15.1. The zero-order valence-corrected chi connectivity index (χ0v) is 14.1. The third-order valence-corrected chi connectivity index (χ3v) is 4.39. The molecule has 2 aromatic carbocycles. The van der Waals surface area contributed by atoms with E-state index in [1.165, 1.54) is 5.56 Å². The summed E-state index contributed by atoms with van der Waals surface area (Å²) in [5.41, 5.74) is 2.93. The van der Waals surface area contributed by atoms with Gasteiger partial charge in [-0.2, -0.15) is 0 Å². The van der Waals surface area contributed by atoms with E-state index in [4.69, 9.17) is 4.74 Å². The van der Waals surface area contributed by atoms with Crippen LogP contribution in [0, 0.1) is 0 Å². The monoisotopic (exact) mass is 359 g/mol. The summed E-state index contributed by atoms with van der Waals surface area (Å²) in [5, 5.41) is 0. The molecule has 3 rings (SSSR count). The maximum absolute atomic E-state index is 12.8. The Bertz CT molecular complexity index is 699. The SMILES string of the molecule is CCCOc1ccc(C(=O)N2CCc3ccccc32)cc1Br. The molecule has 2 aromatic rings. The van der Waals surface area contributed by atoms with Gasteiger partial charge in [-0.1, -0.05) is 25.1 Å². The van der Waals surface area contributed by atoms with Crippen LogP contribution in [0.4, 0.5) is 5.69 Å². The maximum atomic E-state index is 12.8. The van der Waals surface area contributed by atoms with Gasteiger partial charge in [-0.3, -0.25) is 4.79 Å². The fraction of sp³-hybridized carbons (Fsp3) is 0.278. The number of benzene rings is 2. The van der Waals surface area contributed by atoms with Gasteiger partial charge in [-0.05, 0) is 58.6 Å². The molecule has 1 heterocycles. The van der Waals surface area contributed by atoms with Crippen LogP contribution < -0.4 is 9.64 Å². The van der Waals surface area contributed by atoms with Gasteiger partial charge in [0.2, 0.25) is 0 Å². The van der Waals surface area contributed by atoms with Crippen molar-refractivity contribution in [3.63, 3.8) is 0 Å². The van der Waals surface area contributed by atoms with E-state index < -0.39 is 0 Å². The summed E-state index contributed by atoms with van der Waals surface area (Å²) in [5.74, 6) is 0.813. The summed E-state index contributed by atoms with van der Waals surface area (Å²) in [6.45, 7) is 3.48. The number of carbonyl (C=O) groups excluding carboxylic acids is 1. The summed E-state index contributed by atoms with van der Waals surface area (Å²) in [6.07, 6.45) is 1.87. The van der Waals surface area contributed by atoms with Crippen LogP contribution in [0.1, 0.15) is 29.3 Å². The number of halogens is 1. The van der Waals surface area contributed by atoms with Crippen LogP contribution in [0.5, 0.6) is 5.75 Å². The Morgan fingerprint density at radius 3 is 2.86 bits per heavy atom. The average Bonchev–Trinajstić information content (AvgIpc) is 2.97. The molecule has 1 aliphatic heterocycles. The van der Waals surface area contributed by atoms with Crippen LogP contribution in [-0.4, -0.2) is 19.1 Å². The van der Waals surface area contributed by atoms with Crippen molar-refractivity contribution in [2.24, 2.45) is 0 Å². The molecule has 22 heavy (non-hydrogen) atoms. The van der Waals surface area contributed by atoms with E-state index >= 15 is 0 Å². The number of rotatable bonds is 4. The predicted molar refractivity (Wildman–Crippen MR) is 91.8 cm³/mol. The van der Waals surface area contributed by atoms with Gasteiger partial charge in [0, 0.05) is 17.8 Å². The predicted octanol–water partition coefficient (Wildman–Crippen LogP) is 4.44. The molecule has 0 saturated carbocycles. The van der Waals surface area contributed by atoms with Gasteiger partial charge in [-0.25, -0.2) is 0 Å². The molecular weight excluding hydrogens is 342 g/mol. The molecule has 0 saturated heterocycles. The highest BCUT2D eigenvalue weighted by Crippen LogP contribution is 2.31. The Morgan fingerprint density at radius 2 is 2.09 bits per heavy atom. The number of amides is 1. The lowest BCUT2D eigenvalue weighted by molar-refractivity contribution is 0.0989. The number of hydrogen-bond donors (Lipinski definition) is 0. The lowest BCUT2D eigenvalue weighted by Gasteiger charge is -2.18. The van der Waals surface area contributed by atoms with Crippen LogP contribution in [-0.2, 0) is 6.42 Å². The minimum Gasteiger partial charge on any atom is -0.492 e. The number of ether oxygens (including phenoxy) is 1. The topological polar surface area (TPSA) is 29.5 Å². The van der Waals surface area contributed by atoms with Crippen molar-refractivity contribution in [1.82, 2.24) is 0 Å². The third-order valence-electron chi connectivity index (χ3n) is 3.77. The van der Waals surface area contributed by atoms with Gasteiger partial charge in [0.15, 0.2) is 0 Å². The number of carbonyl (C=O) groups is 1. The molecule has 114 valence electrons. The van der Waals surface area contributed by atoms with Crippen LogP contribution >= 0.6 is 15.9 Å². The molecule has 3 nitrogen and oxygen atoms in total. The number of nitrogens with zero attached hydrogens (tertiary/aromatic N) is 1. The lowest BCUT2D eigenvalue weighted by atomic mass is 10.1. The van der Waals surface area contributed by atoms with Gasteiger partial charge < -0.3 is 9.64 Å². The van der Waals surface area contributed by atoms with Gasteiger partial charge in [0.05, 0.1) is 11.1 Å². The van der Waals surface area contributed by atoms with E-state index in [0.717, 1.165) is 35.3 Å². The van der Waals surface area contributed by atoms with E-state index in [-0.39, 0.29) is 5.91 Å². The second-order valence-corrected chi connectivity index (χ2v) is 6.18. The molecule has 0 fully saturated rings. The highest BCUT2D eigenvalue weighted by atomic mass is 79.9. The Labute approximate surface area is 139 Å². The Hall–Kier alpha value is -1.81. The molecule has 0 spiro atoms. The van der Waals surface area contributed by atoms with Crippen molar-refractivity contribution < 1.29 is 9.53 Å². The molecule has 0 bridgehead atoms. The van der Waals surface area contributed by atoms with Gasteiger partial charge in [0.1, 0.15) is 5.75 Å². The number of hydrogen-bond acceptors (Lipinski definition) is 2. The van der Waals surface area contributed by atoms with E-state index in [2.05, 4.69) is 28.9 Å². The second-order valence-electron chi connectivity index (χ2n) is 5.33. The summed E-state index contributed by atoms with van der Waals surface area (Å²) in [7, 11) is 0. The standard InChI is InChI=1S/C18H18BrNO2/c1-2-11-22-17-8-7-14(12-15(17)19)18(21)20-10-9-13-5-3-4-6-16(13)20/h3-8,12H,2,9-11H2,1H3. The average molecular weight is 360 g/mol. The largest absolute Gasteiger partial charge is 0.492 e. The normalized spacial score (nSPS) is 13.1. The van der Waals surface area contributed by atoms with E-state index in [1.54, 1.807) is 0 Å². The van der Waals surface area contributed by atoms with Crippen molar-refractivity contribution in [2.75, 3.05) is 18.1 Å². The minimum atomic E-state index is 0.0349. The Balaban J connectivity index is 1.83. The van der Waals surface area contributed by atoms with Crippen molar-refractivity contribution in [3.05, 3.63) is 58.1 Å². The van der Waals surface area contributed by atoms with Crippen molar-refractivity contribution in [3.8, 4) is 5.75 Å². The summed E-state index contributed by atoms with van der Waals surface area (Å²) < 4.78 is 6.45. The first-order valence-electron chi connectivity index (χ1n) is 7.53. The summed E-state index contributed by atoms with van der Waals surface area (Å²) in [4.78, 5) is 14.6. The van der Waals surface area contributed by atoms with Crippen molar-refractivity contribution in [1.29, 1.82) is 0 Å². The molecule has 4 heteroatoms. The lowest BCUT2D eigenvalue weighted by Crippen LogP contribution is -2.28. The summed E-state index contributed by atoms with van der Waals surface area (Å²) >= 11 is 3.49. The summed E-state index contributed by atoms with van der Waals surface area (Å²) in [6, 6.07) is 13.6. The zero-order valence-electron chi connectivity index (χ0n) is 12.5. The molecule has 1 amide bonds. The molecule has 0 atom stereocenters. The molecule has 0 radical (unpaired) electrons. The number of fused-ring (bicyclic) bond motifs is 1. The van der Waals surface area contributed by atoms with E-state index in [9.17, 15) is 4.79 Å². The highest BCUT2D eigenvalue weighted by molar-refractivity contribution is 9.10. The quantitative estimate of drug-likeness (QED) is 0.807. The van der Waals surface area contributed by atoms with Gasteiger partial charge in [0.25, 0.3) is 5.91 Å². The van der Waals surface area contributed by atoms with Crippen LogP contribution in [0.2, 0.25) is 0 Å². The maximum Gasteiger partial charge on any atom is 0.258 e. The first-order valence-corrected chi connectivity index (χ1v) is 8.32. The molecule has 0 aromatic heterocycles. The third kappa shape index (κ3) is 2.88. The molecule has 0 unspecified atom stereocenters. The van der Waals surface area contributed by atoms with Crippen molar-refractivity contribution in [2.45, 2.75) is 19.8 Å². The fourth-order valence-corrected chi connectivity index (χ4v) is 3.16. The number of anilines is 1. The minimum absolute atomic E-state index is 0.0349.